The molecule has 1 N–H and O–H groups in total. The molecule has 1 unspecified atom stereocenters. The summed E-state index contributed by atoms with van der Waals surface area (Å²) in [6.45, 7) is 8.89. The number of morpholine rings is 1. The van der Waals surface area contributed by atoms with Gasteiger partial charge in [0.1, 0.15) is 6.10 Å². The summed E-state index contributed by atoms with van der Waals surface area (Å²) in [7, 11) is 0. The molecule has 0 radical (unpaired) electrons. The second-order valence-corrected chi connectivity index (χ2v) is 11.4. The van der Waals surface area contributed by atoms with Crippen molar-refractivity contribution in [2.24, 2.45) is 0 Å². The Balaban J connectivity index is 1.35. The van der Waals surface area contributed by atoms with E-state index in [2.05, 4.69) is 10.2 Å². The van der Waals surface area contributed by atoms with Crippen LogP contribution in [0.5, 0.6) is 0 Å². The van der Waals surface area contributed by atoms with Crippen LogP contribution in [0, 0.1) is 0 Å². The molecule has 2 aliphatic heterocycles. The van der Waals surface area contributed by atoms with Crippen molar-refractivity contribution in [2.75, 3.05) is 39.4 Å². The fourth-order valence-corrected chi connectivity index (χ4v) is 5.86. The Labute approximate surface area is 235 Å². The molecule has 3 fully saturated rings. The van der Waals surface area contributed by atoms with Gasteiger partial charge in [0.15, 0.2) is 11.4 Å². The number of fused-ring (bicyclic) bond motifs is 1. The Morgan fingerprint density at radius 3 is 2.56 bits per heavy atom. The van der Waals surface area contributed by atoms with Crippen molar-refractivity contribution >= 4 is 17.5 Å². The van der Waals surface area contributed by atoms with Gasteiger partial charge in [0.05, 0.1) is 38.6 Å². The number of rotatable bonds is 10. The molecule has 9 heteroatoms. The highest BCUT2D eigenvalue weighted by Crippen LogP contribution is 2.44. The Morgan fingerprint density at radius 1 is 1.03 bits per heavy atom. The van der Waals surface area contributed by atoms with Crippen LogP contribution in [0.4, 0.5) is 0 Å². The van der Waals surface area contributed by atoms with Crippen LogP contribution in [0.2, 0.25) is 5.02 Å². The minimum atomic E-state index is -1.15. The van der Waals surface area contributed by atoms with E-state index in [4.69, 9.17) is 35.3 Å². The van der Waals surface area contributed by atoms with E-state index >= 15 is 0 Å². The second-order valence-electron chi connectivity index (χ2n) is 11.0. The van der Waals surface area contributed by atoms with E-state index in [9.17, 15) is 4.79 Å². The van der Waals surface area contributed by atoms with Crippen LogP contribution in [0.15, 0.2) is 54.6 Å². The van der Waals surface area contributed by atoms with Gasteiger partial charge in [0.25, 0.3) is 5.91 Å². The lowest BCUT2D eigenvalue weighted by molar-refractivity contribution is -0.183. The Bertz CT molecular complexity index is 1100. The zero-order chi connectivity index (χ0) is 27.3. The quantitative estimate of drug-likeness (QED) is 0.473. The molecule has 0 aromatic heterocycles. The molecule has 2 heterocycles. The summed E-state index contributed by atoms with van der Waals surface area (Å²) in [6.07, 6.45) is -0.317. The molecule has 1 aliphatic carbocycles. The number of hydrogen-bond acceptors (Lipinski definition) is 7. The molecule has 3 aliphatic rings. The van der Waals surface area contributed by atoms with Gasteiger partial charge in [-0.25, -0.2) is 0 Å². The summed E-state index contributed by atoms with van der Waals surface area (Å²) < 4.78 is 31.0. The third kappa shape index (κ3) is 7.38. The highest BCUT2D eigenvalue weighted by molar-refractivity contribution is 6.30. The van der Waals surface area contributed by atoms with Crippen LogP contribution in [0.3, 0.4) is 0 Å². The van der Waals surface area contributed by atoms with Crippen LogP contribution >= 0.6 is 11.6 Å². The predicted molar refractivity (Wildman–Crippen MR) is 147 cm³/mol. The Hall–Kier alpha value is -2.04. The van der Waals surface area contributed by atoms with E-state index in [-0.39, 0.29) is 24.7 Å². The van der Waals surface area contributed by atoms with E-state index in [1.165, 1.54) is 0 Å². The maximum atomic E-state index is 14.0. The average Bonchev–Trinajstić information content (AvgIpc) is 3.25. The number of nitrogens with one attached hydrogen (secondary N) is 1. The molecular formula is C30H39ClN2O6. The number of benzene rings is 2. The van der Waals surface area contributed by atoms with E-state index in [0.717, 1.165) is 44.0 Å². The van der Waals surface area contributed by atoms with Gasteiger partial charge in [-0.2, -0.15) is 0 Å². The first-order valence-electron chi connectivity index (χ1n) is 13.8. The standard InChI is InChI=1S/C30H39ClN2O6/c1-29(2)38-26-19-30(37-21-23-9-6-10-24(31)17-23,28(34)32-11-12-33-13-15-35-16-14-33)18-25(27(26)39-29)36-20-22-7-4-3-5-8-22/h3-10,17,25-27H,11-16,18-21H2,1-2H3,(H,32,34)/t25?,26-,27+,30-/m1/s1. The number of hydrogen-bond donors (Lipinski definition) is 1. The van der Waals surface area contributed by atoms with Gasteiger partial charge >= 0.3 is 0 Å². The van der Waals surface area contributed by atoms with Crippen LogP contribution < -0.4 is 5.32 Å². The van der Waals surface area contributed by atoms with Crippen LogP contribution in [0.1, 0.15) is 37.8 Å². The molecule has 0 spiro atoms. The molecule has 4 atom stereocenters. The number of halogens is 1. The lowest BCUT2D eigenvalue weighted by Crippen LogP contribution is -2.60. The number of amides is 1. The van der Waals surface area contributed by atoms with E-state index in [1.807, 2.05) is 68.4 Å². The van der Waals surface area contributed by atoms with Gasteiger partial charge in [-0.15, -0.1) is 0 Å². The zero-order valence-corrected chi connectivity index (χ0v) is 23.5. The summed E-state index contributed by atoms with van der Waals surface area (Å²) in [5, 5.41) is 3.79. The molecule has 2 aromatic carbocycles. The summed E-state index contributed by atoms with van der Waals surface area (Å²) in [5.74, 6) is -0.933. The molecule has 212 valence electrons. The number of carbonyl (C=O) groups excluding carboxylic acids is 1. The van der Waals surface area contributed by atoms with E-state index in [1.54, 1.807) is 0 Å². The molecule has 0 bridgehead atoms. The minimum Gasteiger partial charge on any atom is -0.379 e. The fourth-order valence-electron chi connectivity index (χ4n) is 5.65. The molecular weight excluding hydrogens is 520 g/mol. The number of carbonyl (C=O) groups is 1. The topological polar surface area (TPSA) is 78.5 Å². The van der Waals surface area contributed by atoms with Gasteiger partial charge in [0, 0.05) is 44.0 Å². The third-order valence-corrected chi connectivity index (χ3v) is 7.83. The molecule has 39 heavy (non-hydrogen) atoms. The SMILES string of the molecule is CC1(C)O[C@@H]2C[C@@](OCc3cccc(Cl)c3)(C(=O)NCCN3CCOCC3)CC(OCc3ccccc3)[C@@H]2O1. The van der Waals surface area contributed by atoms with Crippen molar-refractivity contribution in [1.82, 2.24) is 10.2 Å². The molecule has 8 nitrogen and oxygen atoms in total. The van der Waals surface area contributed by atoms with Gasteiger partial charge in [0.2, 0.25) is 0 Å². The first-order chi connectivity index (χ1) is 18.8. The molecule has 5 rings (SSSR count). The molecule has 2 aromatic rings. The normalized spacial score (nSPS) is 28.6. The van der Waals surface area contributed by atoms with Crippen LogP contribution in [0.25, 0.3) is 0 Å². The predicted octanol–water partition coefficient (Wildman–Crippen LogP) is 3.94. The van der Waals surface area contributed by atoms with Crippen molar-refractivity contribution in [3.8, 4) is 0 Å². The maximum absolute atomic E-state index is 14.0. The lowest BCUT2D eigenvalue weighted by atomic mass is 9.78. The highest BCUT2D eigenvalue weighted by atomic mass is 35.5. The van der Waals surface area contributed by atoms with Gasteiger partial charge in [-0.1, -0.05) is 54.1 Å². The van der Waals surface area contributed by atoms with Crippen molar-refractivity contribution < 1.29 is 28.5 Å². The smallest absolute Gasteiger partial charge is 0.252 e. The average molecular weight is 559 g/mol. The molecule has 1 saturated carbocycles. The van der Waals surface area contributed by atoms with Crippen molar-refractivity contribution in [1.29, 1.82) is 0 Å². The van der Waals surface area contributed by atoms with Gasteiger partial charge in [-0.3, -0.25) is 9.69 Å². The summed E-state index contributed by atoms with van der Waals surface area (Å²) >= 11 is 6.23. The van der Waals surface area contributed by atoms with Gasteiger partial charge < -0.3 is 29.0 Å². The van der Waals surface area contributed by atoms with Crippen molar-refractivity contribution in [3.63, 3.8) is 0 Å². The van der Waals surface area contributed by atoms with Crippen LogP contribution in [-0.4, -0.2) is 79.9 Å². The van der Waals surface area contributed by atoms with E-state index in [0.29, 0.717) is 31.0 Å². The van der Waals surface area contributed by atoms with E-state index < -0.39 is 17.5 Å². The molecule has 1 amide bonds. The van der Waals surface area contributed by atoms with Gasteiger partial charge in [-0.05, 0) is 37.1 Å². The van der Waals surface area contributed by atoms with Crippen LogP contribution in [-0.2, 0) is 41.7 Å². The zero-order valence-electron chi connectivity index (χ0n) is 22.8. The Kier molecular flexibility index (Phi) is 9.23. The first kappa shape index (κ1) is 28.5. The highest BCUT2D eigenvalue weighted by Gasteiger charge is 2.58. The summed E-state index contributed by atoms with van der Waals surface area (Å²) in [6, 6.07) is 17.5. The maximum Gasteiger partial charge on any atom is 0.252 e. The fraction of sp³-hybridized carbons (Fsp3) is 0.567. The summed E-state index contributed by atoms with van der Waals surface area (Å²) in [5.41, 5.74) is 0.800. The third-order valence-electron chi connectivity index (χ3n) is 7.59. The number of ether oxygens (including phenoxy) is 5. The summed E-state index contributed by atoms with van der Waals surface area (Å²) in [4.78, 5) is 16.3. The second kappa shape index (κ2) is 12.6. The van der Waals surface area contributed by atoms with Crippen molar-refractivity contribution in [2.45, 2.75) is 69.6 Å². The minimum absolute atomic E-state index is 0.155. The number of nitrogens with zero attached hydrogens (tertiary/aromatic N) is 1. The monoisotopic (exact) mass is 558 g/mol. The lowest BCUT2D eigenvalue weighted by Gasteiger charge is -2.43. The largest absolute Gasteiger partial charge is 0.379 e. The molecule has 2 saturated heterocycles. The Morgan fingerprint density at radius 2 is 1.79 bits per heavy atom. The first-order valence-corrected chi connectivity index (χ1v) is 14.2. The van der Waals surface area contributed by atoms with Crippen molar-refractivity contribution in [3.05, 3.63) is 70.7 Å².